The van der Waals surface area contributed by atoms with Crippen molar-refractivity contribution in [1.29, 1.82) is 0 Å². The summed E-state index contributed by atoms with van der Waals surface area (Å²) in [5.74, 6) is 0.566. The van der Waals surface area contributed by atoms with Crippen LogP contribution in [-0.4, -0.2) is 39.5 Å². The van der Waals surface area contributed by atoms with Gasteiger partial charge in [-0.15, -0.1) is 0 Å². The van der Waals surface area contributed by atoms with E-state index >= 15 is 0 Å². The summed E-state index contributed by atoms with van der Waals surface area (Å²) in [5, 5.41) is 11.9. The molecule has 1 unspecified atom stereocenters. The molecule has 8 heteroatoms. The molecule has 0 aromatic heterocycles. The number of hydrogen-bond donors (Lipinski definition) is 2. The van der Waals surface area contributed by atoms with Gasteiger partial charge in [0, 0.05) is 0 Å². The van der Waals surface area contributed by atoms with Crippen LogP contribution in [0.4, 0.5) is 5.69 Å². The molecule has 0 saturated carbocycles. The van der Waals surface area contributed by atoms with Gasteiger partial charge in [0.2, 0.25) is 0 Å². The lowest BCUT2D eigenvalue weighted by atomic mass is 10.0. The van der Waals surface area contributed by atoms with Gasteiger partial charge in [0.25, 0.3) is 0 Å². The molecule has 1 aliphatic rings. The number of hydrogen-bond acceptors (Lipinski definition) is 5. The van der Waals surface area contributed by atoms with Gasteiger partial charge >= 0.3 is 10.2 Å². The molecular formula is C20H18N2O5S. The van der Waals surface area contributed by atoms with Crippen molar-refractivity contribution in [1.82, 2.24) is 4.72 Å². The Morgan fingerprint density at radius 1 is 1.11 bits per heavy atom. The summed E-state index contributed by atoms with van der Waals surface area (Å²) in [4.78, 5) is 11.0. The normalized spacial score (nSPS) is 18.3. The van der Waals surface area contributed by atoms with Crippen LogP contribution in [0, 0.1) is 0 Å². The lowest BCUT2D eigenvalue weighted by molar-refractivity contribution is -0.108. The number of phenolic OH excluding ortho intramolecular Hbond substituents is 1. The minimum Gasteiger partial charge on any atom is -0.506 e. The Hall–Kier alpha value is -3.10. The Bertz CT molecular complexity index is 1180. The third kappa shape index (κ3) is 3.17. The van der Waals surface area contributed by atoms with Gasteiger partial charge in [-0.05, 0) is 52.2 Å². The monoisotopic (exact) mass is 398 g/mol. The number of methoxy groups -OCH3 is 1. The first-order valence-electron chi connectivity index (χ1n) is 8.58. The van der Waals surface area contributed by atoms with Crippen LogP contribution in [0.15, 0.2) is 54.6 Å². The van der Waals surface area contributed by atoms with Gasteiger partial charge in [0.15, 0.2) is 0 Å². The van der Waals surface area contributed by atoms with Crippen molar-refractivity contribution in [2.75, 3.05) is 18.0 Å². The summed E-state index contributed by atoms with van der Waals surface area (Å²) in [7, 11) is -2.29. The van der Waals surface area contributed by atoms with E-state index in [1.807, 2.05) is 42.5 Å². The smallest absolute Gasteiger partial charge is 0.302 e. The molecule has 144 valence electrons. The Labute approximate surface area is 162 Å². The second-order valence-electron chi connectivity index (χ2n) is 6.53. The first kappa shape index (κ1) is 18.3. The highest BCUT2D eigenvalue weighted by Gasteiger charge is 2.36. The third-order valence-electron chi connectivity index (χ3n) is 4.72. The summed E-state index contributed by atoms with van der Waals surface area (Å²) in [6.07, 6.45) is 0.538. The Morgan fingerprint density at radius 2 is 1.89 bits per heavy atom. The fourth-order valence-electron chi connectivity index (χ4n) is 3.32. The summed E-state index contributed by atoms with van der Waals surface area (Å²) >= 11 is 0. The number of carbonyl (C=O) groups excluding carboxylic acids is 1. The maximum absolute atomic E-state index is 12.3. The van der Waals surface area contributed by atoms with E-state index in [2.05, 4.69) is 4.72 Å². The quantitative estimate of drug-likeness (QED) is 0.658. The van der Waals surface area contributed by atoms with Crippen LogP contribution >= 0.6 is 0 Å². The molecule has 1 heterocycles. The van der Waals surface area contributed by atoms with Crippen molar-refractivity contribution in [3.63, 3.8) is 0 Å². The lowest BCUT2D eigenvalue weighted by Crippen LogP contribution is -2.30. The van der Waals surface area contributed by atoms with E-state index in [-0.39, 0.29) is 18.0 Å². The molecule has 0 radical (unpaired) electrons. The average Bonchev–Trinajstić information content (AvgIpc) is 3.01. The van der Waals surface area contributed by atoms with E-state index < -0.39 is 16.3 Å². The largest absolute Gasteiger partial charge is 0.506 e. The maximum atomic E-state index is 12.3. The molecule has 0 amide bonds. The third-order valence-corrected chi connectivity index (χ3v) is 6.25. The molecule has 1 fully saturated rings. The maximum Gasteiger partial charge on any atom is 0.302 e. The highest BCUT2D eigenvalue weighted by Crippen LogP contribution is 2.36. The Kier molecular flexibility index (Phi) is 4.44. The summed E-state index contributed by atoms with van der Waals surface area (Å²) in [5.41, 5.74) is 2.01. The van der Waals surface area contributed by atoms with Gasteiger partial charge in [-0.25, -0.2) is 0 Å². The minimum absolute atomic E-state index is 0.0690. The molecule has 7 nitrogen and oxygen atoms in total. The fourth-order valence-corrected chi connectivity index (χ4v) is 4.73. The topological polar surface area (TPSA) is 95.9 Å². The van der Waals surface area contributed by atoms with Gasteiger partial charge in [-0.1, -0.05) is 24.3 Å². The van der Waals surface area contributed by atoms with E-state index in [4.69, 9.17) is 4.74 Å². The van der Waals surface area contributed by atoms with Crippen molar-refractivity contribution in [3.05, 3.63) is 54.6 Å². The second-order valence-corrected chi connectivity index (χ2v) is 8.16. The van der Waals surface area contributed by atoms with Crippen LogP contribution in [0.25, 0.3) is 21.9 Å². The second kappa shape index (κ2) is 6.81. The lowest BCUT2D eigenvalue weighted by Gasteiger charge is -2.18. The van der Waals surface area contributed by atoms with Gasteiger partial charge in [0.1, 0.15) is 17.8 Å². The van der Waals surface area contributed by atoms with E-state index in [0.29, 0.717) is 6.29 Å². The van der Waals surface area contributed by atoms with Crippen LogP contribution in [0.1, 0.15) is 0 Å². The highest BCUT2D eigenvalue weighted by atomic mass is 32.2. The Morgan fingerprint density at radius 3 is 2.61 bits per heavy atom. The molecule has 0 bridgehead atoms. The number of aldehydes is 1. The molecule has 3 aromatic rings. The zero-order valence-corrected chi connectivity index (χ0v) is 15.8. The number of benzene rings is 3. The van der Waals surface area contributed by atoms with Gasteiger partial charge in [-0.3, -0.25) is 4.31 Å². The number of rotatable bonds is 4. The number of ether oxygens (including phenoxy) is 1. The van der Waals surface area contributed by atoms with Crippen molar-refractivity contribution in [3.8, 4) is 22.6 Å². The van der Waals surface area contributed by atoms with Crippen molar-refractivity contribution in [2.45, 2.75) is 6.04 Å². The highest BCUT2D eigenvalue weighted by molar-refractivity contribution is 7.91. The predicted octanol–water partition coefficient (Wildman–Crippen LogP) is 2.44. The molecule has 1 atom stereocenters. The van der Waals surface area contributed by atoms with E-state index in [0.717, 1.165) is 32.0 Å². The van der Waals surface area contributed by atoms with Crippen LogP contribution in [0.2, 0.25) is 0 Å². The zero-order valence-electron chi connectivity index (χ0n) is 15.0. The molecule has 28 heavy (non-hydrogen) atoms. The standard InChI is InChI=1S/C20H18N2O5S/c1-27-18-4-2-3-13(8-18)14-5-6-15-10-20(24)19(9-16(15)7-14)22-11-17(12-23)21-28(22,25)26/h2-10,12,17,21,24H,11H2,1H3. The molecule has 1 saturated heterocycles. The van der Waals surface area contributed by atoms with Crippen molar-refractivity contribution < 1.29 is 23.1 Å². The SMILES string of the molecule is COc1cccc(-c2ccc3cc(O)c(N4CC(C=O)NS4(=O)=O)cc3c2)c1. The molecular weight excluding hydrogens is 380 g/mol. The molecule has 3 aromatic carbocycles. The van der Waals surface area contributed by atoms with Crippen LogP contribution in [-0.2, 0) is 15.0 Å². The molecule has 4 rings (SSSR count). The minimum atomic E-state index is -3.89. The molecule has 2 N–H and O–H groups in total. The number of phenols is 1. The fraction of sp³-hybridized carbons (Fsp3) is 0.150. The number of aromatic hydroxyl groups is 1. The van der Waals surface area contributed by atoms with Gasteiger partial charge < -0.3 is 14.6 Å². The first-order valence-corrected chi connectivity index (χ1v) is 10.0. The molecule has 0 aliphatic carbocycles. The zero-order chi connectivity index (χ0) is 19.9. The summed E-state index contributed by atoms with van der Waals surface area (Å²) in [6.45, 7) is -0.0690. The van der Waals surface area contributed by atoms with Crippen LogP contribution < -0.4 is 13.8 Å². The van der Waals surface area contributed by atoms with Gasteiger partial charge in [0.05, 0.1) is 25.4 Å². The van der Waals surface area contributed by atoms with Crippen LogP contribution in [0.5, 0.6) is 11.5 Å². The van der Waals surface area contributed by atoms with Crippen LogP contribution in [0.3, 0.4) is 0 Å². The van der Waals surface area contributed by atoms with E-state index in [1.54, 1.807) is 13.2 Å². The average molecular weight is 398 g/mol. The predicted molar refractivity (Wildman–Crippen MR) is 107 cm³/mol. The summed E-state index contributed by atoms with van der Waals surface area (Å²) < 4.78 is 33.2. The number of fused-ring (bicyclic) bond motifs is 1. The first-order chi connectivity index (χ1) is 13.4. The van der Waals surface area contributed by atoms with Crippen molar-refractivity contribution in [2.24, 2.45) is 0 Å². The summed E-state index contributed by atoms with van der Waals surface area (Å²) in [6, 6.07) is 15.6. The number of nitrogens with zero attached hydrogens (tertiary/aromatic N) is 1. The van der Waals surface area contributed by atoms with E-state index in [1.165, 1.54) is 6.07 Å². The van der Waals surface area contributed by atoms with Crippen molar-refractivity contribution >= 4 is 33.0 Å². The molecule has 1 aliphatic heterocycles. The number of anilines is 1. The Balaban J connectivity index is 1.81. The van der Waals surface area contributed by atoms with E-state index in [9.17, 15) is 18.3 Å². The number of carbonyl (C=O) groups is 1. The number of nitrogens with one attached hydrogen (secondary N) is 1. The molecule has 0 spiro atoms. The van der Waals surface area contributed by atoms with Gasteiger partial charge in [-0.2, -0.15) is 13.1 Å².